The fourth-order valence-corrected chi connectivity index (χ4v) is 11.0. The highest BCUT2D eigenvalue weighted by Crippen LogP contribution is 2.75. The van der Waals surface area contributed by atoms with Crippen LogP contribution in [0, 0.1) is 56.7 Å². The second kappa shape index (κ2) is 9.65. The van der Waals surface area contributed by atoms with Gasteiger partial charge in [-0.1, -0.05) is 81.4 Å². The Morgan fingerprint density at radius 3 is 2.14 bits per heavy atom. The average Bonchev–Trinajstić information content (AvgIpc) is 2.81. The SMILES string of the molecule is C.C[13CH3].C[C@H]1[C@H](C)CC[C@]2(C(=O)O)CC[C@]3(C)C(=CC[C@@H]4[C@@]5(C)C[C@@H](O)[C@H](O)C(C)(C)C5CC[C@]43C)[C@H]12. The van der Waals surface area contributed by atoms with E-state index in [1.807, 2.05) is 13.8 Å². The fraction of sp³-hybridized carbons (Fsp3) is 0.909. The summed E-state index contributed by atoms with van der Waals surface area (Å²) in [6.07, 6.45) is 8.53. The van der Waals surface area contributed by atoms with Crippen LogP contribution in [0.4, 0.5) is 0 Å². The number of allylic oxidation sites excluding steroid dienone is 2. The van der Waals surface area contributed by atoms with Crippen LogP contribution < -0.4 is 0 Å². The van der Waals surface area contributed by atoms with Gasteiger partial charge in [-0.05, 0) is 103 Å². The second-order valence-electron chi connectivity index (χ2n) is 14.6. The monoisotopic (exact) mass is 519 g/mol. The van der Waals surface area contributed by atoms with Crippen molar-refractivity contribution in [2.75, 3.05) is 0 Å². The molecule has 0 saturated heterocycles. The summed E-state index contributed by atoms with van der Waals surface area (Å²) in [5.74, 6) is 1.30. The normalized spacial score (nSPS) is 51.9. The van der Waals surface area contributed by atoms with Crippen LogP contribution in [0.15, 0.2) is 11.6 Å². The molecule has 4 fully saturated rings. The van der Waals surface area contributed by atoms with Crippen molar-refractivity contribution in [3.8, 4) is 0 Å². The van der Waals surface area contributed by atoms with Crippen molar-refractivity contribution < 1.29 is 20.1 Å². The molecule has 5 aliphatic rings. The van der Waals surface area contributed by atoms with Crippen molar-refractivity contribution in [2.45, 2.75) is 133 Å². The summed E-state index contributed by atoms with van der Waals surface area (Å²) in [5, 5.41) is 32.4. The molecule has 5 rings (SSSR count). The average molecular weight is 520 g/mol. The van der Waals surface area contributed by atoms with Gasteiger partial charge in [0.15, 0.2) is 0 Å². The molecule has 4 saturated carbocycles. The molecule has 0 aromatic rings. The zero-order chi connectivity index (χ0) is 27.1. The molecular formula is C33H58O4. The van der Waals surface area contributed by atoms with E-state index in [2.05, 4.69) is 54.5 Å². The second-order valence-corrected chi connectivity index (χ2v) is 14.6. The van der Waals surface area contributed by atoms with E-state index in [-0.39, 0.29) is 35.0 Å². The van der Waals surface area contributed by atoms with Crippen molar-refractivity contribution in [1.29, 1.82) is 0 Å². The van der Waals surface area contributed by atoms with Crippen molar-refractivity contribution in [2.24, 2.45) is 56.7 Å². The molecule has 3 N–H and O–H groups in total. The van der Waals surface area contributed by atoms with Crippen LogP contribution in [0.25, 0.3) is 0 Å². The van der Waals surface area contributed by atoms with Crippen LogP contribution in [0.1, 0.15) is 121 Å². The van der Waals surface area contributed by atoms with E-state index in [4.69, 9.17) is 0 Å². The van der Waals surface area contributed by atoms with Gasteiger partial charge in [-0.2, -0.15) is 0 Å². The largest absolute Gasteiger partial charge is 0.481 e. The number of aliphatic hydroxyl groups excluding tert-OH is 2. The van der Waals surface area contributed by atoms with Gasteiger partial charge in [0.05, 0.1) is 17.6 Å². The number of hydrogen-bond donors (Lipinski definition) is 3. The predicted octanol–water partition coefficient (Wildman–Crippen LogP) is 7.72. The molecule has 0 aliphatic heterocycles. The molecule has 5 aliphatic carbocycles. The Morgan fingerprint density at radius 2 is 1.54 bits per heavy atom. The Kier molecular flexibility index (Phi) is 8.00. The summed E-state index contributed by atoms with van der Waals surface area (Å²) in [5.41, 5.74) is 0.574. The molecule has 0 aromatic carbocycles. The Hall–Kier alpha value is -0.870. The topological polar surface area (TPSA) is 77.8 Å². The molecule has 0 radical (unpaired) electrons. The van der Waals surface area contributed by atoms with Gasteiger partial charge in [-0.15, -0.1) is 0 Å². The Balaban J connectivity index is 0.00000124. The summed E-state index contributed by atoms with van der Waals surface area (Å²) in [4.78, 5) is 12.8. The molecular weight excluding hydrogens is 461 g/mol. The lowest BCUT2D eigenvalue weighted by Gasteiger charge is -2.71. The van der Waals surface area contributed by atoms with E-state index in [0.717, 1.165) is 44.9 Å². The number of rotatable bonds is 1. The highest BCUT2D eigenvalue weighted by molar-refractivity contribution is 5.76. The number of carboxylic acids is 1. The van der Waals surface area contributed by atoms with E-state index in [1.165, 1.54) is 5.57 Å². The summed E-state index contributed by atoms with van der Waals surface area (Å²) >= 11 is 0. The Labute approximate surface area is 227 Å². The van der Waals surface area contributed by atoms with Gasteiger partial charge < -0.3 is 15.3 Å². The van der Waals surface area contributed by atoms with E-state index < -0.39 is 23.6 Å². The predicted molar refractivity (Wildman–Crippen MR) is 152 cm³/mol. The molecule has 1 unspecified atom stereocenters. The summed E-state index contributed by atoms with van der Waals surface area (Å²) in [6, 6.07) is 0. The number of aliphatic hydroxyl groups is 2. The van der Waals surface area contributed by atoms with Gasteiger partial charge in [0.2, 0.25) is 0 Å². The highest BCUT2D eigenvalue weighted by Gasteiger charge is 2.70. The van der Waals surface area contributed by atoms with Crippen LogP contribution in [0.3, 0.4) is 0 Å². The molecule has 0 amide bonds. The molecule has 11 atom stereocenters. The lowest BCUT2D eigenvalue weighted by atomic mass is 9.33. The van der Waals surface area contributed by atoms with Gasteiger partial charge in [0.1, 0.15) is 0 Å². The van der Waals surface area contributed by atoms with E-state index in [0.29, 0.717) is 30.1 Å². The van der Waals surface area contributed by atoms with Crippen molar-refractivity contribution in [1.82, 2.24) is 0 Å². The number of aliphatic carboxylic acids is 1. The summed E-state index contributed by atoms with van der Waals surface area (Å²) in [7, 11) is 0. The number of carbonyl (C=O) groups is 1. The van der Waals surface area contributed by atoms with Crippen LogP contribution in [-0.2, 0) is 4.79 Å². The van der Waals surface area contributed by atoms with Crippen molar-refractivity contribution >= 4 is 5.97 Å². The molecule has 0 bridgehead atoms. The molecule has 0 aromatic heterocycles. The molecule has 4 heteroatoms. The van der Waals surface area contributed by atoms with E-state index in [1.54, 1.807) is 0 Å². The third kappa shape index (κ3) is 3.77. The van der Waals surface area contributed by atoms with Gasteiger partial charge in [-0.25, -0.2) is 0 Å². The first-order valence-electron chi connectivity index (χ1n) is 15.0. The zero-order valence-corrected chi connectivity index (χ0v) is 24.5. The maximum absolute atomic E-state index is 12.8. The summed E-state index contributed by atoms with van der Waals surface area (Å²) < 4.78 is 0. The number of fused-ring (bicyclic) bond motifs is 7. The minimum atomic E-state index is -0.679. The van der Waals surface area contributed by atoms with Gasteiger partial charge in [0, 0.05) is 0 Å². The number of carboxylic acid groups (broad SMARTS) is 1. The maximum Gasteiger partial charge on any atom is 0.310 e. The molecule has 0 spiro atoms. The van der Waals surface area contributed by atoms with Gasteiger partial charge >= 0.3 is 5.97 Å². The molecule has 214 valence electrons. The smallest absolute Gasteiger partial charge is 0.310 e. The lowest BCUT2D eigenvalue weighted by molar-refractivity contribution is -0.232. The van der Waals surface area contributed by atoms with Crippen LogP contribution in [-0.4, -0.2) is 33.5 Å². The van der Waals surface area contributed by atoms with Gasteiger partial charge in [-0.3, -0.25) is 4.79 Å². The minimum Gasteiger partial charge on any atom is -0.481 e. The summed E-state index contributed by atoms with van der Waals surface area (Å²) in [6.45, 7) is 20.3. The minimum absolute atomic E-state index is 0. The first-order chi connectivity index (χ1) is 16.7. The Bertz CT molecular complexity index is 908. The maximum atomic E-state index is 12.8. The first-order valence-corrected chi connectivity index (χ1v) is 15.0. The van der Waals surface area contributed by atoms with E-state index in [9.17, 15) is 20.1 Å². The highest BCUT2D eigenvalue weighted by atomic mass is 16.4. The van der Waals surface area contributed by atoms with Crippen molar-refractivity contribution in [3.63, 3.8) is 0 Å². The van der Waals surface area contributed by atoms with Crippen LogP contribution in [0.5, 0.6) is 0 Å². The van der Waals surface area contributed by atoms with Gasteiger partial charge in [0.25, 0.3) is 0 Å². The Morgan fingerprint density at radius 1 is 0.919 bits per heavy atom. The molecule has 4 nitrogen and oxygen atoms in total. The zero-order valence-electron chi connectivity index (χ0n) is 24.5. The third-order valence-corrected chi connectivity index (χ3v) is 13.4. The fourth-order valence-electron chi connectivity index (χ4n) is 11.0. The van der Waals surface area contributed by atoms with E-state index >= 15 is 0 Å². The third-order valence-electron chi connectivity index (χ3n) is 13.4. The first kappa shape index (κ1) is 30.7. The van der Waals surface area contributed by atoms with Crippen LogP contribution in [0.2, 0.25) is 0 Å². The molecule has 0 heterocycles. The standard InChI is InChI=1S/C30H48O4.C2H6.CH4/c1-17-10-13-30(25(33)34)15-14-28(6)19(23(30)18(17)2)8-9-22-27(5)16-20(31)24(32)26(3,4)21(27)11-12-29(22,28)7;1-2;/h8,17-18,20-24,31-32H,9-16H2,1-7H3,(H,33,34);1-2H3;1H4/t17-,18+,20-,21?,22-,23+,24+,27+,28-,29-,30+;;/m1../s1/i;1+1;. The van der Waals surface area contributed by atoms with Crippen molar-refractivity contribution in [3.05, 3.63) is 11.6 Å². The molecule has 37 heavy (non-hydrogen) atoms. The lowest BCUT2D eigenvalue weighted by Crippen LogP contribution is -2.67. The quantitative estimate of drug-likeness (QED) is 0.245. The number of hydrogen-bond acceptors (Lipinski definition) is 3. The van der Waals surface area contributed by atoms with Crippen LogP contribution >= 0.6 is 0 Å².